The molecule has 1 amide bonds. The van der Waals surface area contributed by atoms with E-state index in [1.165, 1.54) is 40.5 Å². The van der Waals surface area contributed by atoms with Crippen molar-refractivity contribution in [2.75, 3.05) is 45.9 Å². The third kappa shape index (κ3) is 13.4. The summed E-state index contributed by atoms with van der Waals surface area (Å²) < 4.78 is 40.3. The topological polar surface area (TPSA) is 169 Å². The van der Waals surface area contributed by atoms with Crippen LogP contribution < -0.4 is 0 Å². The second-order valence-electron chi connectivity index (χ2n) is 18.4. The molecule has 4 aliphatic rings. The molecule has 62 heavy (non-hydrogen) atoms. The zero-order valence-electron chi connectivity index (χ0n) is 38.3. The van der Waals surface area contributed by atoms with Gasteiger partial charge < -0.3 is 43.0 Å². The number of ether oxygens (including phenoxy) is 7. The van der Waals surface area contributed by atoms with Crippen LogP contribution in [0.2, 0.25) is 0 Å². The molecule has 3 fully saturated rings. The maximum absolute atomic E-state index is 12.6. The van der Waals surface area contributed by atoms with Crippen LogP contribution in [0.5, 0.6) is 0 Å². The number of esters is 4. The Balaban J connectivity index is 1.24. The van der Waals surface area contributed by atoms with Gasteiger partial charge in [0.15, 0.2) is 12.2 Å². The van der Waals surface area contributed by atoms with Gasteiger partial charge in [-0.15, -0.1) is 0 Å². The molecule has 4 aliphatic heterocycles. The van der Waals surface area contributed by atoms with Crippen LogP contribution in [0, 0.1) is 18.3 Å². The number of aliphatic imine (C=N–C) groups is 1. The van der Waals surface area contributed by atoms with Gasteiger partial charge in [-0.2, -0.15) is 0 Å². The second kappa shape index (κ2) is 21.1. The number of carbonyl (C=O) groups excluding carboxylic acids is 5. The van der Waals surface area contributed by atoms with Crippen molar-refractivity contribution < 1.29 is 57.1 Å². The highest BCUT2D eigenvalue weighted by molar-refractivity contribution is 5.97. The summed E-state index contributed by atoms with van der Waals surface area (Å²) in [7, 11) is 0. The Morgan fingerprint density at radius 2 is 1.56 bits per heavy atom. The first-order chi connectivity index (χ1) is 29.2. The number of likely N-dealkylation sites (tertiary alicyclic amines) is 2. The number of nitrogens with zero attached hydrogens (tertiary/aromatic N) is 3. The van der Waals surface area contributed by atoms with E-state index in [1.54, 1.807) is 0 Å². The molecular weight excluding hydrogens is 799 g/mol. The fourth-order valence-electron chi connectivity index (χ4n) is 8.79. The molecule has 1 aromatic carbocycles. The van der Waals surface area contributed by atoms with Gasteiger partial charge in [-0.25, -0.2) is 9.79 Å². The molecule has 4 heterocycles. The predicted octanol–water partition coefficient (Wildman–Crippen LogP) is 6.52. The number of rotatable bonds is 13. The Morgan fingerprint density at radius 3 is 2.18 bits per heavy atom. The van der Waals surface area contributed by atoms with Gasteiger partial charge in [-0.3, -0.25) is 19.2 Å². The lowest BCUT2D eigenvalue weighted by Crippen LogP contribution is -2.63. The second-order valence-corrected chi connectivity index (χ2v) is 18.4. The first-order valence-electron chi connectivity index (χ1n) is 21.9. The minimum atomic E-state index is -1.38. The summed E-state index contributed by atoms with van der Waals surface area (Å²) in [6, 6.07) is 6.39. The van der Waals surface area contributed by atoms with Gasteiger partial charge >= 0.3 is 30.0 Å². The number of hydrogen-bond acceptors (Lipinski definition) is 14. The molecule has 1 aromatic rings. The maximum Gasteiger partial charge on any atom is 0.410 e. The molecule has 5 atom stereocenters. The van der Waals surface area contributed by atoms with E-state index in [0.29, 0.717) is 13.0 Å². The number of benzene rings is 1. The van der Waals surface area contributed by atoms with Crippen LogP contribution in [0.4, 0.5) is 4.79 Å². The zero-order chi connectivity index (χ0) is 45.4. The Morgan fingerprint density at radius 1 is 0.903 bits per heavy atom. The fraction of sp³-hybridized carbons (Fsp3) is 0.660. The van der Waals surface area contributed by atoms with Gasteiger partial charge in [-0.1, -0.05) is 44.2 Å². The SMILES string of the molecule is CC(=O)OC[C@H]1O[C@@H](OC2=NCC(C(C)C)=C2Cc2ccc(/C=C/CCN3CCCC4(CCN(C(=O)OC(C)(C)C)CC4)C3)cc2C)[C@H](OC(C)=O)[C@@H](OC(C)=O)[C@@H]1OC(C)=O. The first-order valence-corrected chi connectivity index (χ1v) is 21.9. The Hall–Kier alpha value is -4.76. The summed E-state index contributed by atoms with van der Waals surface area (Å²) in [6.45, 7) is 21.4. The van der Waals surface area contributed by atoms with Crippen LogP contribution in [0.1, 0.15) is 111 Å². The quantitative estimate of drug-likeness (QED) is 0.155. The van der Waals surface area contributed by atoms with Crippen LogP contribution in [0.15, 0.2) is 40.4 Å². The van der Waals surface area contributed by atoms with Gasteiger partial charge in [0.25, 0.3) is 0 Å². The molecule has 0 bridgehead atoms. The average Bonchev–Trinajstić information content (AvgIpc) is 3.57. The average molecular weight is 866 g/mol. The fourth-order valence-corrected chi connectivity index (χ4v) is 8.79. The first kappa shape index (κ1) is 48.3. The van der Waals surface area contributed by atoms with Crippen LogP contribution in [0.25, 0.3) is 6.08 Å². The van der Waals surface area contributed by atoms with Crippen molar-refractivity contribution in [3.63, 3.8) is 0 Å². The van der Waals surface area contributed by atoms with Crippen molar-refractivity contribution in [3.8, 4) is 0 Å². The molecule has 0 aromatic heterocycles. The monoisotopic (exact) mass is 865 g/mol. The number of amides is 1. The number of carbonyl (C=O) groups is 5. The van der Waals surface area contributed by atoms with E-state index >= 15 is 0 Å². The molecular formula is C47H67N3O12. The molecule has 342 valence electrons. The highest BCUT2D eigenvalue weighted by Crippen LogP contribution is 2.40. The molecule has 15 nitrogen and oxygen atoms in total. The maximum atomic E-state index is 12.6. The number of piperidine rings is 2. The van der Waals surface area contributed by atoms with E-state index in [9.17, 15) is 24.0 Å². The van der Waals surface area contributed by atoms with Gasteiger partial charge in [0.2, 0.25) is 18.3 Å². The summed E-state index contributed by atoms with van der Waals surface area (Å²) in [5.74, 6) is -2.34. The lowest BCUT2D eigenvalue weighted by molar-refractivity contribution is -0.291. The number of hydrogen-bond donors (Lipinski definition) is 0. The van der Waals surface area contributed by atoms with Crippen molar-refractivity contribution in [2.24, 2.45) is 16.3 Å². The lowest BCUT2D eigenvalue weighted by Gasteiger charge is -2.47. The normalized spacial score (nSPS) is 24.2. The summed E-state index contributed by atoms with van der Waals surface area (Å²) in [4.78, 5) is 70.6. The van der Waals surface area contributed by atoms with Crippen LogP contribution in [-0.4, -0.2) is 128 Å². The molecule has 15 heteroatoms. The molecule has 0 unspecified atom stereocenters. The van der Waals surface area contributed by atoms with Crippen molar-refractivity contribution in [1.82, 2.24) is 9.80 Å². The van der Waals surface area contributed by atoms with Gasteiger partial charge in [0.1, 0.15) is 18.3 Å². The summed E-state index contributed by atoms with van der Waals surface area (Å²) in [5, 5.41) is 0. The van der Waals surface area contributed by atoms with Crippen molar-refractivity contribution in [2.45, 2.75) is 144 Å². The summed E-state index contributed by atoms with van der Waals surface area (Å²) in [5.41, 5.74) is 4.97. The highest BCUT2D eigenvalue weighted by Gasteiger charge is 2.54. The van der Waals surface area contributed by atoms with E-state index in [-0.39, 0.29) is 29.9 Å². The third-order valence-electron chi connectivity index (χ3n) is 11.8. The van der Waals surface area contributed by atoms with Crippen LogP contribution >= 0.6 is 0 Å². The Bertz CT molecular complexity index is 1890. The molecule has 5 rings (SSSR count). The van der Waals surface area contributed by atoms with Crippen molar-refractivity contribution in [3.05, 3.63) is 52.1 Å². The standard InChI is InChI=1S/C47H67N3O12/c1-29(2)38-26-48-43(61-44-42(59-34(7)54)41(58-33(6)53)40(57-32(5)52)39(60-44)27-56-31(4)51)37(38)25-36-16-15-35(24-30(36)3)14-11-12-20-49-21-13-17-47(28-49)18-22-50(23-19-47)45(55)62-46(8,9)10/h11,14-16,24,29,39-42,44H,12-13,17-23,25-28H2,1-10H3/b14-11+/t39-,40-,41+,42-,44+/m1/s1. The van der Waals surface area contributed by atoms with Crippen molar-refractivity contribution >= 4 is 41.9 Å². The number of aryl methyl sites for hydroxylation is 1. The van der Waals surface area contributed by atoms with E-state index in [2.05, 4.69) is 56.0 Å². The molecule has 0 N–H and O–H groups in total. The predicted molar refractivity (Wildman–Crippen MR) is 231 cm³/mol. The zero-order valence-corrected chi connectivity index (χ0v) is 38.3. The third-order valence-corrected chi connectivity index (χ3v) is 11.8. The molecule has 0 aliphatic carbocycles. The van der Waals surface area contributed by atoms with E-state index in [0.717, 1.165) is 79.8 Å². The van der Waals surface area contributed by atoms with E-state index in [4.69, 9.17) is 38.2 Å². The summed E-state index contributed by atoms with van der Waals surface area (Å²) in [6.07, 6.45) is 3.50. The largest absolute Gasteiger partial charge is 0.463 e. The van der Waals surface area contributed by atoms with Gasteiger partial charge in [0, 0.05) is 65.9 Å². The molecule has 0 saturated carbocycles. The van der Waals surface area contributed by atoms with E-state index < -0.39 is 60.2 Å². The molecule has 0 radical (unpaired) electrons. The van der Waals surface area contributed by atoms with Gasteiger partial charge in [0.05, 0.1) is 6.54 Å². The molecule has 1 spiro atoms. The van der Waals surface area contributed by atoms with Crippen molar-refractivity contribution in [1.29, 1.82) is 0 Å². The highest BCUT2D eigenvalue weighted by atomic mass is 16.7. The summed E-state index contributed by atoms with van der Waals surface area (Å²) >= 11 is 0. The Kier molecular flexibility index (Phi) is 16.4. The van der Waals surface area contributed by atoms with Crippen LogP contribution in [0.3, 0.4) is 0 Å². The van der Waals surface area contributed by atoms with Crippen LogP contribution in [-0.2, 0) is 58.8 Å². The van der Waals surface area contributed by atoms with Gasteiger partial charge in [-0.05, 0) is 99.9 Å². The minimum absolute atomic E-state index is 0.132. The lowest BCUT2D eigenvalue weighted by atomic mass is 9.72. The minimum Gasteiger partial charge on any atom is -0.463 e. The van der Waals surface area contributed by atoms with E-state index in [1.807, 2.05) is 25.7 Å². The molecule has 3 saturated heterocycles. The smallest absolute Gasteiger partial charge is 0.410 e. The Labute approximate surface area is 366 Å².